The number of H-pyrrole nitrogens is 1. The molecule has 86 valence electrons. The monoisotopic (exact) mass is 229 g/mol. The van der Waals surface area contributed by atoms with Crippen molar-refractivity contribution in [3.63, 3.8) is 0 Å². The van der Waals surface area contributed by atoms with Gasteiger partial charge in [0.25, 0.3) is 0 Å². The van der Waals surface area contributed by atoms with Gasteiger partial charge in [0.15, 0.2) is 4.77 Å². The second kappa shape index (κ2) is 6.02. The Balaban J connectivity index is 2.91. The number of aromatic nitrogens is 3. The van der Waals surface area contributed by atoms with E-state index in [0.717, 1.165) is 25.2 Å². The lowest BCUT2D eigenvalue weighted by molar-refractivity contribution is 0.185. The van der Waals surface area contributed by atoms with E-state index in [-0.39, 0.29) is 0 Å². The molecule has 1 heterocycles. The van der Waals surface area contributed by atoms with Gasteiger partial charge in [-0.1, -0.05) is 13.8 Å². The Kier molecular flexibility index (Phi) is 4.98. The van der Waals surface area contributed by atoms with Crippen LogP contribution in [0.25, 0.3) is 0 Å². The molecular weight excluding hydrogens is 210 g/mol. The molecule has 0 radical (unpaired) electrons. The molecule has 0 spiro atoms. The largest absolute Gasteiger partial charge is 0.383 e. The van der Waals surface area contributed by atoms with E-state index in [1.807, 2.05) is 4.57 Å². The molecule has 0 aromatic carbocycles. The second-order valence-electron chi connectivity index (χ2n) is 3.54. The minimum atomic E-state index is 0.481. The van der Waals surface area contributed by atoms with Gasteiger partial charge in [0.1, 0.15) is 5.82 Å². The fourth-order valence-electron chi connectivity index (χ4n) is 1.69. The zero-order valence-electron chi connectivity index (χ0n) is 9.62. The number of rotatable bonds is 6. The number of ether oxygens (including phenoxy) is 1. The summed E-state index contributed by atoms with van der Waals surface area (Å²) < 4.78 is 7.79. The van der Waals surface area contributed by atoms with E-state index in [1.165, 1.54) is 0 Å². The summed E-state index contributed by atoms with van der Waals surface area (Å²) in [6.07, 6.45) is 2.17. The van der Waals surface area contributed by atoms with Gasteiger partial charge in [-0.25, -0.2) is 0 Å². The van der Waals surface area contributed by atoms with Crippen LogP contribution in [0.2, 0.25) is 0 Å². The first-order valence-electron chi connectivity index (χ1n) is 5.38. The van der Waals surface area contributed by atoms with Crippen molar-refractivity contribution in [1.82, 2.24) is 14.8 Å². The molecule has 0 aliphatic carbocycles. The van der Waals surface area contributed by atoms with E-state index in [4.69, 9.17) is 17.0 Å². The topological polar surface area (TPSA) is 42.8 Å². The maximum absolute atomic E-state index is 5.19. The summed E-state index contributed by atoms with van der Waals surface area (Å²) in [5.41, 5.74) is 0. The fourth-order valence-corrected chi connectivity index (χ4v) is 1.92. The van der Waals surface area contributed by atoms with Gasteiger partial charge in [-0.3, -0.25) is 5.10 Å². The van der Waals surface area contributed by atoms with Crippen LogP contribution in [0.1, 0.15) is 38.4 Å². The van der Waals surface area contributed by atoms with Gasteiger partial charge >= 0.3 is 0 Å². The Morgan fingerprint density at radius 3 is 2.67 bits per heavy atom. The Morgan fingerprint density at radius 2 is 2.13 bits per heavy atom. The van der Waals surface area contributed by atoms with Crippen molar-refractivity contribution in [2.24, 2.45) is 0 Å². The molecule has 5 heteroatoms. The Labute approximate surface area is 95.7 Å². The minimum Gasteiger partial charge on any atom is -0.383 e. The molecule has 0 aliphatic heterocycles. The van der Waals surface area contributed by atoms with Crippen LogP contribution in [-0.2, 0) is 11.3 Å². The van der Waals surface area contributed by atoms with Crippen molar-refractivity contribution < 1.29 is 4.74 Å². The van der Waals surface area contributed by atoms with Crippen LogP contribution in [0.4, 0.5) is 0 Å². The summed E-state index contributed by atoms with van der Waals surface area (Å²) in [4.78, 5) is 0. The minimum absolute atomic E-state index is 0.481. The standard InChI is InChI=1S/C10H19N3OS/c1-4-8(5-2)9-11-12-10(15)13(9)6-7-14-3/h8H,4-7H2,1-3H3,(H,12,15). The molecule has 0 bridgehead atoms. The van der Waals surface area contributed by atoms with Gasteiger partial charge in [-0.05, 0) is 25.1 Å². The highest BCUT2D eigenvalue weighted by molar-refractivity contribution is 7.71. The molecule has 0 amide bonds. The molecule has 1 rings (SSSR count). The Bertz CT molecular complexity index is 341. The van der Waals surface area contributed by atoms with Crippen LogP contribution in [0, 0.1) is 4.77 Å². The highest BCUT2D eigenvalue weighted by atomic mass is 32.1. The molecule has 1 aromatic heterocycles. The molecule has 1 N–H and O–H groups in total. The Morgan fingerprint density at radius 1 is 1.47 bits per heavy atom. The molecule has 0 fully saturated rings. The van der Waals surface area contributed by atoms with Gasteiger partial charge < -0.3 is 9.30 Å². The lowest BCUT2D eigenvalue weighted by Crippen LogP contribution is -2.11. The summed E-state index contributed by atoms with van der Waals surface area (Å²) in [5, 5.41) is 7.16. The van der Waals surface area contributed by atoms with Gasteiger partial charge in [0.05, 0.1) is 6.61 Å². The van der Waals surface area contributed by atoms with Crippen molar-refractivity contribution in [2.45, 2.75) is 39.2 Å². The number of nitrogens with zero attached hydrogens (tertiary/aromatic N) is 2. The first-order valence-corrected chi connectivity index (χ1v) is 5.79. The number of nitrogens with one attached hydrogen (secondary N) is 1. The third-order valence-electron chi connectivity index (χ3n) is 2.66. The number of aromatic amines is 1. The van der Waals surface area contributed by atoms with E-state index >= 15 is 0 Å². The third kappa shape index (κ3) is 2.89. The normalized spacial score (nSPS) is 11.2. The predicted octanol–water partition coefficient (Wildman–Crippen LogP) is 2.49. The maximum atomic E-state index is 5.19. The van der Waals surface area contributed by atoms with Crippen molar-refractivity contribution in [3.05, 3.63) is 10.6 Å². The van der Waals surface area contributed by atoms with Crippen molar-refractivity contribution in [1.29, 1.82) is 0 Å². The highest BCUT2D eigenvalue weighted by Crippen LogP contribution is 2.20. The SMILES string of the molecule is CCC(CC)c1n[nH]c(=S)n1CCOC. The molecular formula is C10H19N3OS. The number of hydrogen-bond acceptors (Lipinski definition) is 3. The molecule has 4 nitrogen and oxygen atoms in total. The summed E-state index contributed by atoms with van der Waals surface area (Å²) >= 11 is 5.19. The van der Waals surface area contributed by atoms with E-state index < -0.39 is 0 Å². The zero-order chi connectivity index (χ0) is 11.3. The molecule has 1 aromatic rings. The first-order chi connectivity index (χ1) is 7.24. The van der Waals surface area contributed by atoms with Crippen LogP contribution in [-0.4, -0.2) is 28.5 Å². The van der Waals surface area contributed by atoms with Crippen LogP contribution in [0.5, 0.6) is 0 Å². The van der Waals surface area contributed by atoms with Gasteiger partial charge in [0, 0.05) is 19.6 Å². The van der Waals surface area contributed by atoms with E-state index in [9.17, 15) is 0 Å². The Hall–Kier alpha value is -0.680. The van der Waals surface area contributed by atoms with Gasteiger partial charge in [-0.15, -0.1) is 0 Å². The maximum Gasteiger partial charge on any atom is 0.195 e. The molecule has 0 aliphatic rings. The smallest absolute Gasteiger partial charge is 0.195 e. The summed E-state index contributed by atoms with van der Waals surface area (Å²) in [5.74, 6) is 1.54. The lowest BCUT2D eigenvalue weighted by Gasteiger charge is -2.13. The lowest BCUT2D eigenvalue weighted by atomic mass is 10.0. The predicted molar refractivity (Wildman–Crippen MR) is 62.6 cm³/mol. The van der Waals surface area contributed by atoms with Gasteiger partial charge in [0.2, 0.25) is 0 Å². The van der Waals surface area contributed by atoms with Crippen LogP contribution < -0.4 is 0 Å². The molecule has 0 unspecified atom stereocenters. The molecule has 0 saturated heterocycles. The average molecular weight is 229 g/mol. The van der Waals surface area contributed by atoms with E-state index in [2.05, 4.69) is 24.0 Å². The molecule has 0 saturated carbocycles. The van der Waals surface area contributed by atoms with Crippen LogP contribution >= 0.6 is 12.2 Å². The summed E-state index contributed by atoms with van der Waals surface area (Å²) in [7, 11) is 1.69. The van der Waals surface area contributed by atoms with Crippen LogP contribution in [0.3, 0.4) is 0 Å². The van der Waals surface area contributed by atoms with Crippen molar-refractivity contribution in [3.8, 4) is 0 Å². The van der Waals surface area contributed by atoms with E-state index in [0.29, 0.717) is 17.3 Å². The summed E-state index contributed by atoms with van der Waals surface area (Å²) in [6.45, 7) is 5.79. The number of hydrogen-bond donors (Lipinski definition) is 1. The quantitative estimate of drug-likeness (QED) is 0.762. The van der Waals surface area contributed by atoms with Crippen LogP contribution in [0.15, 0.2) is 0 Å². The highest BCUT2D eigenvalue weighted by Gasteiger charge is 2.14. The second-order valence-corrected chi connectivity index (χ2v) is 3.93. The van der Waals surface area contributed by atoms with Crippen molar-refractivity contribution in [2.75, 3.05) is 13.7 Å². The zero-order valence-corrected chi connectivity index (χ0v) is 10.4. The molecule has 15 heavy (non-hydrogen) atoms. The summed E-state index contributed by atoms with van der Waals surface area (Å²) in [6, 6.07) is 0. The van der Waals surface area contributed by atoms with E-state index in [1.54, 1.807) is 7.11 Å². The third-order valence-corrected chi connectivity index (χ3v) is 2.97. The van der Waals surface area contributed by atoms with Crippen molar-refractivity contribution >= 4 is 12.2 Å². The first kappa shape index (κ1) is 12.4. The average Bonchev–Trinajstić information content (AvgIpc) is 2.60. The van der Waals surface area contributed by atoms with Gasteiger partial charge in [-0.2, -0.15) is 5.10 Å². The number of methoxy groups -OCH3 is 1. The fraction of sp³-hybridized carbons (Fsp3) is 0.800. The molecule has 0 atom stereocenters.